The highest BCUT2D eigenvalue weighted by Gasteiger charge is 2.07. The lowest BCUT2D eigenvalue weighted by Crippen LogP contribution is -2.19. The van der Waals surface area contributed by atoms with E-state index in [9.17, 15) is 9.18 Å². The fourth-order valence-corrected chi connectivity index (χ4v) is 1.74. The van der Waals surface area contributed by atoms with Crippen LogP contribution < -0.4 is 20.1 Å². The summed E-state index contributed by atoms with van der Waals surface area (Å²) in [5.41, 5.74) is 1.04. The second-order valence-electron chi connectivity index (χ2n) is 4.16. The summed E-state index contributed by atoms with van der Waals surface area (Å²) in [5.74, 6) is 0.722. The van der Waals surface area contributed by atoms with Crippen molar-refractivity contribution in [2.45, 2.75) is 0 Å². The van der Waals surface area contributed by atoms with E-state index in [0.29, 0.717) is 22.9 Å². The first-order valence-electron chi connectivity index (χ1n) is 6.18. The number of carbonyl (C=O) groups excluding carboxylic acids is 1. The van der Waals surface area contributed by atoms with Crippen LogP contribution in [-0.4, -0.2) is 20.3 Å². The SMILES string of the molecule is COc1ccc(NC(=O)Nc2ccc(F)cc2)cc1OC. The predicted octanol–water partition coefficient (Wildman–Crippen LogP) is 3.49. The second-order valence-corrected chi connectivity index (χ2v) is 4.16. The van der Waals surface area contributed by atoms with E-state index < -0.39 is 6.03 Å². The van der Waals surface area contributed by atoms with Crippen LogP contribution in [0.25, 0.3) is 0 Å². The van der Waals surface area contributed by atoms with Crippen LogP contribution in [0.5, 0.6) is 11.5 Å². The van der Waals surface area contributed by atoms with E-state index in [1.54, 1.807) is 18.2 Å². The van der Waals surface area contributed by atoms with Crippen molar-refractivity contribution in [2.24, 2.45) is 0 Å². The van der Waals surface area contributed by atoms with Crippen LogP contribution >= 0.6 is 0 Å². The molecule has 0 fully saturated rings. The molecule has 0 spiro atoms. The first-order chi connectivity index (χ1) is 10.1. The number of benzene rings is 2. The molecule has 2 N–H and O–H groups in total. The van der Waals surface area contributed by atoms with Crippen molar-refractivity contribution in [3.05, 3.63) is 48.3 Å². The summed E-state index contributed by atoms with van der Waals surface area (Å²) in [6, 6.07) is 10.1. The van der Waals surface area contributed by atoms with Crippen molar-refractivity contribution in [3.63, 3.8) is 0 Å². The van der Waals surface area contributed by atoms with Gasteiger partial charge in [0, 0.05) is 17.4 Å². The molecule has 5 nitrogen and oxygen atoms in total. The third-order valence-corrected chi connectivity index (χ3v) is 2.74. The number of nitrogens with one attached hydrogen (secondary N) is 2. The van der Waals surface area contributed by atoms with E-state index in [-0.39, 0.29) is 5.82 Å². The van der Waals surface area contributed by atoms with Gasteiger partial charge in [-0.25, -0.2) is 9.18 Å². The van der Waals surface area contributed by atoms with E-state index >= 15 is 0 Å². The molecule has 0 aliphatic rings. The number of hydrogen-bond acceptors (Lipinski definition) is 3. The van der Waals surface area contributed by atoms with Crippen LogP contribution in [0.3, 0.4) is 0 Å². The van der Waals surface area contributed by atoms with Crippen LogP contribution in [-0.2, 0) is 0 Å². The van der Waals surface area contributed by atoms with Crippen molar-refractivity contribution in [2.75, 3.05) is 24.9 Å². The van der Waals surface area contributed by atoms with Gasteiger partial charge < -0.3 is 20.1 Å². The zero-order valence-corrected chi connectivity index (χ0v) is 11.6. The lowest BCUT2D eigenvalue weighted by molar-refractivity contribution is 0.262. The molecule has 0 saturated carbocycles. The van der Waals surface area contributed by atoms with E-state index in [1.807, 2.05) is 0 Å². The largest absolute Gasteiger partial charge is 0.493 e. The molecule has 0 bridgehead atoms. The zero-order valence-electron chi connectivity index (χ0n) is 11.6. The molecule has 110 valence electrons. The summed E-state index contributed by atoms with van der Waals surface area (Å²) in [6.45, 7) is 0. The van der Waals surface area contributed by atoms with Crippen LogP contribution in [0.15, 0.2) is 42.5 Å². The van der Waals surface area contributed by atoms with Gasteiger partial charge in [-0.2, -0.15) is 0 Å². The summed E-state index contributed by atoms with van der Waals surface area (Å²) >= 11 is 0. The third kappa shape index (κ3) is 3.85. The molecule has 21 heavy (non-hydrogen) atoms. The van der Waals surface area contributed by atoms with Crippen molar-refractivity contribution in [1.82, 2.24) is 0 Å². The first-order valence-corrected chi connectivity index (χ1v) is 6.18. The quantitative estimate of drug-likeness (QED) is 0.906. The number of amides is 2. The van der Waals surface area contributed by atoms with Crippen LogP contribution in [0.4, 0.5) is 20.6 Å². The predicted molar refractivity (Wildman–Crippen MR) is 78.6 cm³/mol. The Morgan fingerprint density at radius 3 is 2.10 bits per heavy atom. The van der Waals surface area contributed by atoms with E-state index in [4.69, 9.17) is 9.47 Å². The van der Waals surface area contributed by atoms with Gasteiger partial charge in [0.15, 0.2) is 11.5 Å². The molecule has 0 atom stereocenters. The number of methoxy groups -OCH3 is 2. The molecular formula is C15H15FN2O3. The lowest BCUT2D eigenvalue weighted by Gasteiger charge is -2.11. The van der Waals surface area contributed by atoms with Gasteiger partial charge in [0.1, 0.15) is 5.82 Å². The lowest BCUT2D eigenvalue weighted by atomic mass is 10.2. The van der Waals surface area contributed by atoms with Gasteiger partial charge in [-0.3, -0.25) is 0 Å². The minimum absolute atomic E-state index is 0.360. The Hall–Kier alpha value is -2.76. The van der Waals surface area contributed by atoms with Gasteiger partial charge in [0.05, 0.1) is 14.2 Å². The molecule has 0 aliphatic carbocycles. The Kier molecular flexibility index (Phi) is 4.61. The average molecular weight is 290 g/mol. The number of ether oxygens (including phenoxy) is 2. The molecule has 2 amide bonds. The summed E-state index contributed by atoms with van der Waals surface area (Å²) in [6.07, 6.45) is 0. The zero-order chi connectivity index (χ0) is 15.2. The number of urea groups is 1. The maximum Gasteiger partial charge on any atom is 0.323 e. The number of anilines is 2. The van der Waals surface area contributed by atoms with E-state index in [1.165, 1.54) is 38.5 Å². The van der Waals surface area contributed by atoms with Crippen molar-refractivity contribution < 1.29 is 18.7 Å². The Balaban J connectivity index is 2.04. The molecule has 2 rings (SSSR count). The van der Waals surface area contributed by atoms with Crippen molar-refractivity contribution in [1.29, 1.82) is 0 Å². The highest BCUT2D eigenvalue weighted by molar-refractivity contribution is 5.99. The third-order valence-electron chi connectivity index (χ3n) is 2.74. The summed E-state index contributed by atoms with van der Waals surface area (Å²) in [7, 11) is 3.05. The summed E-state index contributed by atoms with van der Waals surface area (Å²) in [5, 5.41) is 5.25. The standard InChI is InChI=1S/C15H15FN2O3/c1-20-13-8-7-12(9-14(13)21-2)18-15(19)17-11-5-3-10(16)4-6-11/h3-9H,1-2H3,(H2,17,18,19). The Morgan fingerprint density at radius 1 is 0.905 bits per heavy atom. The normalized spacial score (nSPS) is 9.86. The molecule has 0 aromatic heterocycles. The molecule has 0 aliphatic heterocycles. The molecule has 2 aromatic carbocycles. The van der Waals surface area contributed by atoms with Crippen LogP contribution in [0.2, 0.25) is 0 Å². The van der Waals surface area contributed by atoms with E-state index in [0.717, 1.165) is 0 Å². The highest BCUT2D eigenvalue weighted by Crippen LogP contribution is 2.29. The smallest absolute Gasteiger partial charge is 0.323 e. The average Bonchev–Trinajstić information content (AvgIpc) is 2.49. The Bertz CT molecular complexity index is 629. The molecular weight excluding hydrogens is 275 g/mol. The first kappa shape index (κ1) is 14.6. The van der Waals surface area contributed by atoms with Gasteiger partial charge in [-0.05, 0) is 36.4 Å². The Labute approximate surface area is 121 Å². The number of hydrogen-bond donors (Lipinski definition) is 2. The maximum atomic E-state index is 12.8. The highest BCUT2D eigenvalue weighted by atomic mass is 19.1. The monoisotopic (exact) mass is 290 g/mol. The molecule has 2 aromatic rings. The number of halogens is 1. The van der Waals surface area contributed by atoms with Gasteiger partial charge in [0.25, 0.3) is 0 Å². The van der Waals surface area contributed by atoms with Crippen LogP contribution in [0, 0.1) is 5.82 Å². The fourth-order valence-electron chi connectivity index (χ4n) is 1.74. The van der Waals surface area contributed by atoms with Gasteiger partial charge in [0.2, 0.25) is 0 Å². The van der Waals surface area contributed by atoms with E-state index in [2.05, 4.69) is 10.6 Å². The number of carbonyl (C=O) groups is 1. The minimum Gasteiger partial charge on any atom is -0.493 e. The minimum atomic E-state index is -0.436. The summed E-state index contributed by atoms with van der Waals surface area (Å²) < 4.78 is 23.0. The van der Waals surface area contributed by atoms with Gasteiger partial charge in [-0.15, -0.1) is 0 Å². The summed E-state index contributed by atoms with van der Waals surface area (Å²) in [4.78, 5) is 11.8. The number of rotatable bonds is 4. The molecule has 0 heterocycles. The van der Waals surface area contributed by atoms with Gasteiger partial charge in [-0.1, -0.05) is 0 Å². The topological polar surface area (TPSA) is 59.6 Å². The molecule has 0 saturated heterocycles. The molecule has 6 heteroatoms. The maximum absolute atomic E-state index is 12.8. The Morgan fingerprint density at radius 2 is 1.48 bits per heavy atom. The van der Waals surface area contributed by atoms with Crippen LogP contribution in [0.1, 0.15) is 0 Å². The van der Waals surface area contributed by atoms with Crippen molar-refractivity contribution in [3.8, 4) is 11.5 Å². The molecule has 0 radical (unpaired) electrons. The van der Waals surface area contributed by atoms with Gasteiger partial charge >= 0.3 is 6.03 Å². The molecule has 0 unspecified atom stereocenters. The fraction of sp³-hybridized carbons (Fsp3) is 0.133. The van der Waals surface area contributed by atoms with Crippen molar-refractivity contribution >= 4 is 17.4 Å². The second kappa shape index (κ2) is 6.60.